The van der Waals surface area contributed by atoms with Gasteiger partial charge in [-0.3, -0.25) is 0 Å². The third kappa shape index (κ3) is 5.39. The summed E-state index contributed by atoms with van der Waals surface area (Å²) in [4.78, 5) is 0. The molecule has 0 N–H and O–H groups in total. The van der Waals surface area contributed by atoms with Gasteiger partial charge in [0, 0.05) is 22.6 Å². The van der Waals surface area contributed by atoms with E-state index < -0.39 is 6.23 Å². The van der Waals surface area contributed by atoms with E-state index in [1.165, 1.54) is 18.4 Å². The first-order valence-electron chi connectivity index (χ1n) is 12.9. The van der Waals surface area contributed by atoms with Gasteiger partial charge in [-0.15, -0.1) is 0 Å². The van der Waals surface area contributed by atoms with Crippen molar-refractivity contribution in [2.45, 2.75) is 58.2 Å². The lowest BCUT2D eigenvalue weighted by Crippen LogP contribution is -2.33. The molecule has 3 aromatic rings. The van der Waals surface area contributed by atoms with E-state index in [1.807, 2.05) is 29.3 Å². The highest BCUT2D eigenvalue weighted by atomic mass is 35.5. The molecule has 0 unspecified atom stereocenters. The van der Waals surface area contributed by atoms with Crippen molar-refractivity contribution in [1.82, 2.24) is 5.01 Å². The van der Waals surface area contributed by atoms with Crippen LogP contribution in [0.5, 0.6) is 17.2 Å². The van der Waals surface area contributed by atoms with Crippen LogP contribution in [-0.4, -0.2) is 24.4 Å². The molecule has 0 spiro atoms. The Balaban J connectivity index is 1.48. The summed E-state index contributed by atoms with van der Waals surface area (Å²) < 4.78 is 18.3. The van der Waals surface area contributed by atoms with Gasteiger partial charge in [0.2, 0.25) is 6.23 Å². The number of unbranched alkanes of at least 4 members (excludes halogenated alkanes) is 3. The van der Waals surface area contributed by atoms with Crippen molar-refractivity contribution in [3.05, 3.63) is 86.9 Å². The number of nitrogens with zero attached hydrogens (tertiary/aromatic N) is 2. The van der Waals surface area contributed by atoms with E-state index in [0.29, 0.717) is 28.2 Å². The zero-order valence-corrected chi connectivity index (χ0v) is 23.0. The maximum absolute atomic E-state index is 6.63. The predicted octanol–water partition coefficient (Wildman–Crippen LogP) is 8.51. The topological polar surface area (TPSA) is 43.3 Å². The van der Waals surface area contributed by atoms with Crippen LogP contribution in [-0.2, 0) is 0 Å². The Hall–Kier alpha value is -2.89. The van der Waals surface area contributed by atoms with Crippen molar-refractivity contribution in [1.29, 1.82) is 0 Å². The average molecular weight is 540 g/mol. The van der Waals surface area contributed by atoms with Gasteiger partial charge in [-0.25, -0.2) is 5.01 Å². The minimum atomic E-state index is -0.480. The average Bonchev–Trinajstić information content (AvgIpc) is 3.34. The molecule has 5 nitrogen and oxygen atoms in total. The van der Waals surface area contributed by atoms with Gasteiger partial charge in [0.1, 0.15) is 5.75 Å². The summed E-state index contributed by atoms with van der Waals surface area (Å²) in [5.74, 6) is 2.04. The van der Waals surface area contributed by atoms with E-state index in [1.54, 1.807) is 13.2 Å². The number of halogens is 2. The molecule has 0 saturated heterocycles. The Morgan fingerprint density at radius 2 is 1.81 bits per heavy atom. The number of benzene rings is 3. The summed E-state index contributed by atoms with van der Waals surface area (Å²) in [6.45, 7) is 4.95. The van der Waals surface area contributed by atoms with Crippen molar-refractivity contribution in [3.63, 3.8) is 0 Å². The van der Waals surface area contributed by atoms with Gasteiger partial charge in [-0.1, -0.05) is 79.2 Å². The minimum Gasteiger partial charge on any atom is -0.493 e. The Bertz CT molecular complexity index is 1290. The molecule has 0 saturated carbocycles. The molecule has 2 heterocycles. The monoisotopic (exact) mass is 538 g/mol. The smallest absolute Gasteiger partial charge is 0.214 e. The van der Waals surface area contributed by atoms with Crippen LogP contribution in [0.4, 0.5) is 0 Å². The van der Waals surface area contributed by atoms with Crippen molar-refractivity contribution in [2.24, 2.45) is 5.10 Å². The van der Waals surface area contributed by atoms with Gasteiger partial charge in [-0.2, -0.15) is 5.10 Å². The summed E-state index contributed by atoms with van der Waals surface area (Å²) in [6.07, 6.45) is 4.85. The minimum absolute atomic E-state index is 0.0539. The molecule has 2 atom stereocenters. The number of fused-ring (bicyclic) bond motifs is 3. The Morgan fingerprint density at radius 1 is 1.00 bits per heavy atom. The van der Waals surface area contributed by atoms with Crippen LogP contribution in [0.25, 0.3) is 0 Å². The predicted molar refractivity (Wildman–Crippen MR) is 149 cm³/mol. The van der Waals surface area contributed by atoms with Gasteiger partial charge in [0.15, 0.2) is 11.5 Å². The fraction of sp³-hybridized carbons (Fsp3) is 0.367. The van der Waals surface area contributed by atoms with Crippen LogP contribution in [0, 0.1) is 6.92 Å². The molecule has 0 radical (unpaired) electrons. The lowest BCUT2D eigenvalue weighted by molar-refractivity contribution is -0.0190. The Morgan fingerprint density at radius 3 is 2.57 bits per heavy atom. The van der Waals surface area contributed by atoms with E-state index >= 15 is 0 Å². The largest absolute Gasteiger partial charge is 0.493 e. The van der Waals surface area contributed by atoms with Gasteiger partial charge < -0.3 is 14.2 Å². The highest BCUT2D eigenvalue weighted by Crippen LogP contribution is 2.51. The maximum Gasteiger partial charge on any atom is 0.214 e. The molecule has 5 rings (SSSR count). The first kappa shape index (κ1) is 25.7. The standard InChI is InChI=1S/C30H32Cl2N2O3/c1-4-5-6-7-14-36-27-13-12-21(15-28(27)35-3)30-34-26(23-16-22(31)17-24(32)29(23)37-30)18-25(33-34)20-10-8-19(2)9-11-20/h8-13,15-17,26,30H,4-7,14,18H2,1-3H3/t26-,30-/m1/s1. The molecule has 0 aromatic heterocycles. The highest BCUT2D eigenvalue weighted by molar-refractivity contribution is 6.35. The fourth-order valence-electron chi connectivity index (χ4n) is 4.92. The first-order valence-corrected chi connectivity index (χ1v) is 13.6. The number of hydrazone groups is 1. The lowest BCUT2D eigenvalue weighted by atomic mass is 9.95. The summed E-state index contributed by atoms with van der Waals surface area (Å²) in [7, 11) is 1.66. The van der Waals surface area contributed by atoms with Crippen LogP contribution in [0.15, 0.2) is 59.7 Å². The molecule has 0 bridgehead atoms. The molecule has 3 aromatic carbocycles. The number of methoxy groups -OCH3 is 1. The van der Waals surface area contributed by atoms with Gasteiger partial charge in [0.25, 0.3) is 0 Å². The zero-order valence-electron chi connectivity index (χ0n) is 21.5. The van der Waals surface area contributed by atoms with Crippen LogP contribution < -0.4 is 14.2 Å². The molecule has 194 valence electrons. The number of aryl methyl sites for hydroxylation is 1. The molecule has 2 aliphatic heterocycles. The van der Waals surface area contributed by atoms with Crippen LogP contribution >= 0.6 is 23.2 Å². The van der Waals surface area contributed by atoms with Crippen molar-refractivity contribution in [3.8, 4) is 17.2 Å². The summed E-state index contributed by atoms with van der Waals surface area (Å²) in [5, 5.41) is 8.14. The molecular weight excluding hydrogens is 507 g/mol. The van der Waals surface area contributed by atoms with E-state index in [0.717, 1.165) is 47.4 Å². The van der Waals surface area contributed by atoms with Gasteiger partial charge in [-0.05, 0) is 49.2 Å². The van der Waals surface area contributed by atoms with Crippen molar-refractivity contribution < 1.29 is 14.2 Å². The zero-order chi connectivity index (χ0) is 25.9. The normalized spacial score (nSPS) is 18.1. The summed E-state index contributed by atoms with van der Waals surface area (Å²) in [6, 6.07) is 18.0. The number of hydrogen-bond acceptors (Lipinski definition) is 5. The van der Waals surface area contributed by atoms with Crippen molar-refractivity contribution in [2.75, 3.05) is 13.7 Å². The Labute approximate surface area is 228 Å². The van der Waals surface area contributed by atoms with E-state index in [2.05, 4.69) is 38.1 Å². The fourth-order valence-corrected chi connectivity index (χ4v) is 5.48. The van der Waals surface area contributed by atoms with Crippen LogP contribution in [0.2, 0.25) is 10.0 Å². The summed E-state index contributed by atoms with van der Waals surface area (Å²) in [5.41, 5.74) is 5.16. The molecular formula is C30H32Cl2N2O3. The second kappa shape index (κ2) is 11.2. The molecule has 7 heteroatoms. The third-order valence-corrected chi connectivity index (χ3v) is 7.42. The van der Waals surface area contributed by atoms with Crippen LogP contribution in [0.1, 0.15) is 73.6 Å². The Kier molecular flexibility index (Phi) is 7.82. The lowest BCUT2D eigenvalue weighted by Gasteiger charge is -2.38. The first-order chi connectivity index (χ1) is 18.0. The molecule has 37 heavy (non-hydrogen) atoms. The SMILES string of the molecule is CCCCCCOc1ccc([C@H]2Oc3c(Cl)cc(Cl)cc3[C@H]3CC(c4ccc(C)cc4)=NN32)cc1OC. The van der Waals surface area contributed by atoms with E-state index in [4.69, 9.17) is 42.5 Å². The quantitative estimate of drug-likeness (QED) is 0.256. The van der Waals surface area contributed by atoms with Crippen LogP contribution in [0.3, 0.4) is 0 Å². The second-order valence-electron chi connectivity index (χ2n) is 9.61. The number of ether oxygens (including phenoxy) is 3. The molecule has 0 fully saturated rings. The van der Waals surface area contributed by atoms with Gasteiger partial charge in [0.05, 0.1) is 30.5 Å². The van der Waals surface area contributed by atoms with Crippen molar-refractivity contribution >= 4 is 28.9 Å². The molecule has 0 aliphatic carbocycles. The number of rotatable bonds is 9. The van der Waals surface area contributed by atoms with Gasteiger partial charge >= 0.3 is 0 Å². The van der Waals surface area contributed by atoms with E-state index in [9.17, 15) is 0 Å². The maximum atomic E-state index is 6.63. The second-order valence-corrected chi connectivity index (χ2v) is 10.5. The third-order valence-electron chi connectivity index (χ3n) is 6.92. The summed E-state index contributed by atoms with van der Waals surface area (Å²) >= 11 is 13.0. The molecule has 2 aliphatic rings. The molecule has 0 amide bonds. The highest BCUT2D eigenvalue weighted by Gasteiger charge is 2.42. The number of hydrogen-bond donors (Lipinski definition) is 0. The van der Waals surface area contributed by atoms with E-state index in [-0.39, 0.29) is 6.04 Å².